The van der Waals surface area contributed by atoms with E-state index in [9.17, 15) is 9.90 Å². The van der Waals surface area contributed by atoms with E-state index in [-0.39, 0.29) is 5.56 Å². The van der Waals surface area contributed by atoms with Gasteiger partial charge in [0.25, 0.3) is 0 Å². The quantitative estimate of drug-likeness (QED) is 0.886. The summed E-state index contributed by atoms with van der Waals surface area (Å²) in [5.41, 5.74) is 1.63. The Morgan fingerprint density at radius 1 is 1.10 bits per heavy atom. The summed E-state index contributed by atoms with van der Waals surface area (Å²) in [6.07, 6.45) is 8.39. The van der Waals surface area contributed by atoms with Crippen LogP contribution >= 0.6 is 0 Å². The lowest BCUT2D eigenvalue weighted by Gasteiger charge is -2.22. The van der Waals surface area contributed by atoms with Gasteiger partial charge in [0.1, 0.15) is 5.56 Å². The third-order valence-electron chi connectivity index (χ3n) is 4.11. The third kappa shape index (κ3) is 3.46. The smallest absolute Gasteiger partial charge is 0.339 e. The molecule has 0 amide bonds. The number of nitrogens with zero attached hydrogens (tertiary/aromatic N) is 2. The predicted molar refractivity (Wildman–Crippen MR) is 78.2 cm³/mol. The molecule has 5 nitrogen and oxygen atoms in total. The van der Waals surface area contributed by atoms with E-state index < -0.39 is 5.97 Å². The maximum Gasteiger partial charge on any atom is 0.339 e. The SMILES string of the molecule is Cc1nnc(NC2CCCCCCC2)c(C(=O)O)c1C. The van der Waals surface area contributed by atoms with Crippen molar-refractivity contribution in [3.63, 3.8) is 0 Å². The van der Waals surface area contributed by atoms with Crippen molar-refractivity contribution in [2.24, 2.45) is 0 Å². The number of carboxylic acid groups (broad SMARTS) is 1. The van der Waals surface area contributed by atoms with Gasteiger partial charge in [-0.05, 0) is 32.3 Å². The summed E-state index contributed by atoms with van der Waals surface area (Å²) in [5, 5.41) is 20.8. The van der Waals surface area contributed by atoms with Gasteiger partial charge in [-0.3, -0.25) is 0 Å². The van der Waals surface area contributed by atoms with Gasteiger partial charge in [-0.25, -0.2) is 4.79 Å². The highest BCUT2D eigenvalue weighted by atomic mass is 16.4. The Morgan fingerprint density at radius 3 is 2.30 bits per heavy atom. The molecule has 2 N–H and O–H groups in total. The lowest BCUT2D eigenvalue weighted by atomic mass is 9.96. The second-order valence-corrected chi connectivity index (χ2v) is 5.63. The van der Waals surface area contributed by atoms with Gasteiger partial charge < -0.3 is 10.4 Å². The first-order valence-corrected chi connectivity index (χ1v) is 7.43. The summed E-state index contributed by atoms with van der Waals surface area (Å²) < 4.78 is 0. The first-order valence-electron chi connectivity index (χ1n) is 7.43. The highest BCUT2D eigenvalue weighted by Gasteiger charge is 2.20. The van der Waals surface area contributed by atoms with Crippen LogP contribution in [0.25, 0.3) is 0 Å². The number of carboxylic acids is 1. The second kappa shape index (κ2) is 6.68. The molecule has 1 fully saturated rings. The molecule has 0 unspecified atom stereocenters. The molecule has 1 heterocycles. The largest absolute Gasteiger partial charge is 0.478 e. The van der Waals surface area contributed by atoms with E-state index in [1.54, 1.807) is 13.8 Å². The Hall–Kier alpha value is -1.65. The van der Waals surface area contributed by atoms with E-state index >= 15 is 0 Å². The molecule has 110 valence electrons. The first-order chi connectivity index (χ1) is 9.59. The van der Waals surface area contributed by atoms with Crippen molar-refractivity contribution in [1.29, 1.82) is 0 Å². The highest BCUT2D eigenvalue weighted by Crippen LogP contribution is 2.23. The molecule has 1 saturated carbocycles. The van der Waals surface area contributed by atoms with Crippen LogP contribution in [0.5, 0.6) is 0 Å². The fraction of sp³-hybridized carbons (Fsp3) is 0.667. The van der Waals surface area contributed by atoms with Gasteiger partial charge in [0.05, 0.1) is 5.69 Å². The summed E-state index contributed by atoms with van der Waals surface area (Å²) >= 11 is 0. The van der Waals surface area contributed by atoms with E-state index in [0.717, 1.165) is 12.8 Å². The lowest BCUT2D eigenvalue weighted by molar-refractivity contribution is 0.0696. The van der Waals surface area contributed by atoms with Crippen LogP contribution in [0.2, 0.25) is 0 Å². The average Bonchev–Trinajstić information content (AvgIpc) is 2.36. The zero-order valence-electron chi connectivity index (χ0n) is 12.3. The zero-order chi connectivity index (χ0) is 14.5. The summed E-state index contributed by atoms with van der Waals surface area (Å²) in [5.74, 6) is -0.514. The highest BCUT2D eigenvalue weighted by molar-refractivity contribution is 5.94. The zero-order valence-corrected chi connectivity index (χ0v) is 12.3. The van der Waals surface area contributed by atoms with Gasteiger partial charge in [0.2, 0.25) is 0 Å². The Kier molecular flexibility index (Phi) is 4.93. The lowest BCUT2D eigenvalue weighted by Crippen LogP contribution is -2.24. The van der Waals surface area contributed by atoms with E-state index in [1.807, 2.05) is 0 Å². The number of anilines is 1. The summed E-state index contributed by atoms with van der Waals surface area (Å²) in [4.78, 5) is 11.5. The van der Waals surface area contributed by atoms with Crippen LogP contribution in [0, 0.1) is 13.8 Å². The van der Waals surface area contributed by atoms with Crippen molar-refractivity contribution >= 4 is 11.8 Å². The molecule has 2 rings (SSSR count). The number of carbonyl (C=O) groups is 1. The van der Waals surface area contributed by atoms with Crippen molar-refractivity contribution in [3.8, 4) is 0 Å². The molecule has 1 aliphatic carbocycles. The minimum atomic E-state index is -0.936. The molecule has 1 aromatic rings. The van der Waals surface area contributed by atoms with Gasteiger partial charge in [-0.1, -0.05) is 32.1 Å². The molecule has 1 aromatic heterocycles. The maximum atomic E-state index is 11.5. The molecule has 5 heteroatoms. The van der Waals surface area contributed by atoms with Crippen molar-refractivity contribution in [1.82, 2.24) is 10.2 Å². The van der Waals surface area contributed by atoms with E-state index in [0.29, 0.717) is 23.1 Å². The number of aryl methyl sites for hydroxylation is 1. The first kappa shape index (κ1) is 14.8. The van der Waals surface area contributed by atoms with Gasteiger partial charge >= 0.3 is 5.97 Å². The Labute approximate surface area is 119 Å². The van der Waals surface area contributed by atoms with Crippen LogP contribution in [0.4, 0.5) is 5.82 Å². The van der Waals surface area contributed by atoms with Gasteiger partial charge in [-0.15, -0.1) is 5.10 Å². The Bertz CT molecular complexity index is 480. The molecule has 0 atom stereocenters. The second-order valence-electron chi connectivity index (χ2n) is 5.63. The molecule has 0 aromatic carbocycles. The molecule has 1 aliphatic rings. The fourth-order valence-corrected chi connectivity index (χ4v) is 2.77. The third-order valence-corrected chi connectivity index (χ3v) is 4.11. The van der Waals surface area contributed by atoms with Crippen molar-refractivity contribution in [2.75, 3.05) is 5.32 Å². The molecular weight excluding hydrogens is 254 g/mol. The number of nitrogens with one attached hydrogen (secondary N) is 1. The normalized spacial score (nSPS) is 17.3. The van der Waals surface area contributed by atoms with Crippen LogP contribution in [-0.4, -0.2) is 27.3 Å². The number of hydrogen-bond donors (Lipinski definition) is 2. The number of hydrogen-bond acceptors (Lipinski definition) is 4. The number of rotatable bonds is 3. The van der Waals surface area contributed by atoms with Crippen molar-refractivity contribution in [3.05, 3.63) is 16.8 Å². The molecule has 0 bridgehead atoms. The van der Waals surface area contributed by atoms with Crippen molar-refractivity contribution < 1.29 is 9.90 Å². The standard InChI is InChI=1S/C15H23N3O2/c1-10-11(2)17-18-14(13(10)15(19)20)16-12-8-6-4-3-5-7-9-12/h12H,3-9H2,1-2H3,(H,16,18)(H,19,20). The van der Waals surface area contributed by atoms with Gasteiger partial charge in [0.15, 0.2) is 5.82 Å². The van der Waals surface area contributed by atoms with Gasteiger partial charge in [0, 0.05) is 6.04 Å². The monoisotopic (exact) mass is 277 g/mol. The van der Waals surface area contributed by atoms with E-state index in [2.05, 4.69) is 15.5 Å². The Morgan fingerprint density at radius 2 is 1.70 bits per heavy atom. The van der Waals surface area contributed by atoms with Crippen LogP contribution in [-0.2, 0) is 0 Å². The van der Waals surface area contributed by atoms with E-state index in [1.165, 1.54) is 32.1 Å². The fourth-order valence-electron chi connectivity index (χ4n) is 2.77. The molecule has 20 heavy (non-hydrogen) atoms. The molecular formula is C15H23N3O2. The van der Waals surface area contributed by atoms with Crippen molar-refractivity contribution in [2.45, 2.75) is 64.8 Å². The van der Waals surface area contributed by atoms with Gasteiger partial charge in [-0.2, -0.15) is 5.10 Å². The maximum absolute atomic E-state index is 11.5. The molecule has 0 saturated heterocycles. The van der Waals surface area contributed by atoms with Crippen LogP contribution in [0.1, 0.15) is 66.6 Å². The number of aromatic nitrogens is 2. The van der Waals surface area contributed by atoms with Crippen LogP contribution in [0.3, 0.4) is 0 Å². The van der Waals surface area contributed by atoms with E-state index in [4.69, 9.17) is 0 Å². The Balaban J connectivity index is 2.19. The minimum Gasteiger partial charge on any atom is -0.478 e. The minimum absolute atomic E-state index is 0.263. The molecule has 0 radical (unpaired) electrons. The average molecular weight is 277 g/mol. The number of aromatic carboxylic acids is 1. The summed E-state index contributed by atoms with van der Waals surface area (Å²) in [6.45, 7) is 3.57. The molecule has 0 spiro atoms. The molecule has 0 aliphatic heterocycles. The topological polar surface area (TPSA) is 75.1 Å². The predicted octanol–water partition coefficient (Wildman–Crippen LogP) is 3.32. The summed E-state index contributed by atoms with van der Waals surface area (Å²) in [7, 11) is 0. The summed E-state index contributed by atoms with van der Waals surface area (Å²) in [6, 6.07) is 0.310. The van der Waals surface area contributed by atoms with Crippen LogP contribution < -0.4 is 5.32 Å². The van der Waals surface area contributed by atoms with Crippen LogP contribution in [0.15, 0.2) is 0 Å².